The summed E-state index contributed by atoms with van der Waals surface area (Å²) in [6.07, 6.45) is 1.39. The summed E-state index contributed by atoms with van der Waals surface area (Å²) in [5, 5.41) is 11.5. The third-order valence-electron chi connectivity index (χ3n) is 4.18. The largest absolute Gasteiger partial charge is 0.493 e. The second kappa shape index (κ2) is 8.54. The third kappa shape index (κ3) is 4.44. The van der Waals surface area contributed by atoms with E-state index in [-0.39, 0.29) is 23.4 Å². The van der Waals surface area contributed by atoms with Gasteiger partial charge in [0.1, 0.15) is 0 Å². The molecule has 3 rings (SSSR count). The Morgan fingerprint density at radius 3 is 2.63 bits per heavy atom. The van der Waals surface area contributed by atoms with E-state index < -0.39 is 10.9 Å². The van der Waals surface area contributed by atoms with Gasteiger partial charge >= 0.3 is 5.97 Å². The van der Waals surface area contributed by atoms with Crippen LogP contribution in [-0.2, 0) is 9.53 Å². The summed E-state index contributed by atoms with van der Waals surface area (Å²) in [5.74, 6) is 0.132. The number of carbonyl (C=O) groups is 1. The van der Waals surface area contributed by atoms with Crippen molar-refractivity contribution < 1.29 is 23.9 Å². The highest BCUT2D eigenvalue weighted by atomic mass is 35.5. The fourth-order valence-corrected chi connectivity index (χ4v) is 3.07. The molecule has 0 N–H and O–H groups in total. The van der Waals surface area contributed by atoms with Crippen molar-refractivity contribution in [2.75, 3.05) is 7.11 Å². The van der Waals surface area contributed by atoms with E-state index in [1.54, 1.807) is 31.2 Å². The summed E-state index contributed by atoms with van der Waals surface area (Å²) in [6, 6.07) is 7.78. The first-order chi connectivity index (χ1) is 14.2. The minimum atomic E-state index is -0.675. The number of rotatable bonds is 6. The van der Waals surface area contributed by atoms with Gasteiger partial charge in [-0.25, -0.2) is 9.79 Å². The normalized spacial score (nSPS) is 14.7. The molecule has 0 fully saturated rings. The van der Waals surface area contributed by atoms with Crippen molar-refractivity contribution in [2.24, 2.45) is 4.99 Å². The van der Waals surface area contributed by atoms with Crippen LogP contribution in [0.1, 0.15) is 30.5 Å². The average molecular weight is 431 g/mol. The van der Waals surface area contributed by atoms with Crippen LogP contribution >= 0.6 is 11.6 Å². The molecule has 156 valence electrons. The van der Waals surface area contributed by atoms with Gasteiger partial charge in [-0.3, -0.25) is 10.1 Å². The van der Waals surface area contributed by atoms with Crippen molar-refractivity contribution in [2.45, 2.75) is 26.9 Å². The molecule has 0 spiro atoms. The third-order valence-corrected chi connectivity index (χ3v) is 4.46. The van der Waals surface area contributed by atoms with Crippen molar-refractivity contribution in [3.63, 3.8) is 0 Å². The van der Waals surface area contributed by atoms with E-state index in [9.17, 15) is 14.9 Å². The molecule has 1 aliphatic heterocycles. The van der Waals surface area contributed by atoms with E-state index >= 15 is 0 Å². The summed E-state index contributed by atoms with van der Waals surface area (Å²) in [7, 11) is 1.49. The van der Waals surface area contributed by atoms with E-state index in [0.29, 0.717) is 33.2 Å². The molecule has 8 nitrogen and oxygen atoms in total. The second-order valence-electron chi connectivity index (χ2n) is 6.80. The molecule has 0 aliphatic carbocycles. The highest BCUT2D eigenvalue weighted by molar-refractivity contribution is 6.32. The van der Waals surface area contributed by atoms with Gasteiger partial charge in [0, 0.05) is 17.2 Å². The quantitative estimate of drug-likeness (QED) is 0.285. The van der Waals surface area contributed by atoms with E-state index in [0.717, 1.165) is 0 Å². The molecule has 2 aromatic rings. The SMILES string of the molecule is COc1cc(/C=C2\N=C(c3ccc(C)c([N+](=O)[O-])c3)OC2=O)cc(Cl)c1OC(C)C. The molecule has 0 atom stereocenters. The fraction of sp³-hybridized carbons (Fsp3) is 0.238. The Hall–Kier alpha value is -3.39. The van der Waals surface area contributed by atoms with E-state index in [1.165, 1.54) is 19.3 Å². The average Bonchev–Trinajstić information content (AvgIpc) is 3.04. The maximum Gasteiger partial charge on any atom is 0.363 e. The first-order valence-corrected chi connectivity index (χ1v) is 9.39. The summed E-state index contributed by atoms with van der Waals surface area (Å²) in [5.41, 5.74) is 1.33. The summed E-state index contributed by atoms with van der Waals surface area (Å²) in [6.45, 7) is 5.36. The number of benzene rings is 2. The topological polar surface area (TPSA) is 100 Å². The summed E-state index contributed by atoms with van der Waals surface area (Å²) >= 11 is 6.32. The highest BCUT2D eigenvalue weighted by Gasteiger charge is 2.26. The van der Waals surface area contributed by atoms with Crippen molar-refractivity contribution in [1.82, 2.24) is 0 Å². The number of nitro benzene ring substituents is 1. The Labute approximate surface area is 177 Å². The Morgan fingerprint density at radius 1 is 1.27 bits per heavy atom. The number of nitro groups is 1. The molecule has 2 aromatic carbocycles. The van der Waals surface area contributed by atoms with Gasteiger partial charge in [-0.1, -0.05) is 17.7 Å². The van der Waals surface area contributed by atoms with E-state index in [1.807, 2.05) is 13.8 Å². The number of esters is 1. The second-order valence-corrected chi connectivity index (χ2v) is 7.20. The predicted molar refractivity (Wildman–Crippen MR) is 112 cm³/mol. The molecule has 9 heteroatoms. The van der Waals surface area contributed by atoms with Crippen LogP contribution in [0.2, 0.25) is 5.02 Å². The number of aliphatic imine (C=N–C) groups is 1. The molecule has 0 radical (unpaired) electrons. The molecular weight excluding hydrogens is 412 g/mol. The van der Waals surface area contributed by atoms with Gasteiger partial charge in [0.25, 0.3) is 5.69 Å². The zero-order chi connectivity index (χ0) is 22.0. The lowest BCUT2D eigenvalue weighted by Crippen LogP contribution is -2.07. The number of halogens is 1. The van der Waals surface area contributed by atoms with E-state index in [4.69, 9.17) is 25.8 Å². The number of nitrogens with zero attached hydrogens (tertiary/aromatic N) is 2. The Balaban J connectivity index is 1.98. The van der Waals surface area contributed by atoms with Gasteiger partial charge in [0.15, 0.2) is 17.2 Å². The molecule has 0 unspecified atom stereocenters. The molecular formula is C21H19ClN2O6. The van der Waals surface area contributed by atoms with Gasteiger partial charge in [-0.05, 0) is 50.6 Å². The Kier molecular flexibility index (Phi) is 6.07. The van der Waals surface area contributed by atoms with Crippen molar-refractivity contribution in [1.29, 1.82) is 0 Å². The lowest BCUT2D eigenvalue weighted by molar-refractivity contribution is -0.385. The number of hydrogen-bond donors (Lipinski definition) is 0. The monoisotopic (exact) mass is 430 g/mol. The van der Waals surface area contributed by atoms with Crippen LogP contribution in [0, 0.1) is 17.0 Å². The van der Waals surface area contributed by atoms with Crippen LogP contribution in [0.25, 0.3) is 6.08 Å². The predicted octanol–water partition coefficient (Wildman–Crippen LogP) is 4.70. The lowest BCUT2D eigenvalue weighted by Gasteiger charge is -2.15. The fourth-order valence-electron chi connectivity index (χ4n) is 2.80. The number of ether oxygens (including phenoxy) is 3. The van der Waals surface area contributed by atoms with Gasteiger partial charge < -0.3 is 14.2 Å². The number of aryl methyl sites for hydroxylation is 1. The minimum Gasteiger partial charge on any atom is -0.493 e. The van der Waals surface area contributed by atoms with Crippen LogP contribution in [0.3, 0.4) is 0 Å². The van der Waals surface area contributed by atoms with Gasteiger partial charge in [0.05, 0.1) is 23.2 Å². The molecule has 0 saturated carbocycles. The van der Waals surface area contributed by atoms with Crippen molar-refractivity contribution >= 4 is 35.2 Å². The minimum absolute atomic E-state index is 0.00725. The zero-order valence-corrected chi connectivity index (χ0v) is 17.5. The van der Waals surface area contributed by atoms with Crippen LogP contribution in [0.15, 0.2) is 41.0 Å². The number of carbonyl (C=O) groups excluding carboxylic acids is 1. The van der Waals surface area contributed by atoms with Crippen LogP contribution < -0.4 is 9.47 Å². The number of cyclic esters (lactones) is 1. The summed E-state index contributed by atoms with van der Waals surface area (Å²) in [4.78, 5) is 27.1. The molecule has 1 aliphatic rings. The van der Waals surface area contributed by atoms with E-state index in [2.05, 4.69) is 4.99 Å². The number of methoxy groups -OCH3 is 1. The zero-order valence-electron chi connectivity index (χ0n) is 16.8. The smallest absolute Gasteiger partial charge is 0.363 e. The first-order valence-electron chi connectivity index (χ1n) is 9.01. The van der Waals surface area contributed by atoms with Gasteiger partial charge in [-0.15, -0.1) is 0 Å². The first kappa shape index (κ1) is 21.3. The molecule has 1 heterocycles. The summed E-state index contributed by atoms with van der Waals surface area (Å²) < 4.78 is 16.2. The Bertz CT molecular complexity index is 1090. The van der Waals surface area contributed by atoms with Gasteiger partial charge in [-0.2, -0.15) is 0 Å². The molecule has 30 heavy (non-hydrogen) atoms. The van der Waals surface area contributed by atoms with Crippen LogP contribution in [0.5, 0.6) is 11.5 Å². The van der Waals surface area contributed by atoms with Crippen LogP contribution in [0.4, 0.5) is 5.69 Å². The molecule has 0 aromatic heterocycles. The Morgan fingerprint density at radius 2 is 2.00 bits per heavy atom. The standard InChI is InChI=1S/C21H19ClN2O6/c1-11(2)29-19-15(22)7-13(9-18(19)28-4)8-16-21(25)30-20(23-16)14-6-5-12(3)17(10-14)24(26)27/h5-11H,1-4H3/b16-8-. The molecule has 0 bridgehead atoms. The maximum atomic E-state index is 12.3. The highest BCUT2D eigenvalue weighted by Crippen LogP contribution is 2.38. The van der Waals surface area contributed by atoms with Crippen molar-refractivity contribution in [3.05, 3.63) is 67.9 Å². The van der Waals surface area contributed by atoms with Crippen molar-refractivity contribution in [3.8, 4) is 11.5 Å². The lowest BCUT2D eigenvalue weighted by atomic mass is 10.1. The maximum absolute atomic E-state index is 12.3. The van der Waals surface area contributed by atoms with Crippen LogP contribution in [-0.4, -0.2) is 30.0 Å². The number of hydrogen-bond acceptors (Lipinski definition) is 7. The molecule has 0 saturated heterocycles. The van der Waals surface area contributed by atoms with Gasteiger partial charge in [0.2, 0.25) is 5.90 Å². The molecule has 0 amide bonds.